The minimum atomic E-state index is 0.774. The van der Waals surface area contributed by atoms with Crippen LogP contribution in [0.25, 0.3) is 0 Å². The molecule has 0 aromatic rings. The number of rotatable bonds is 1. The number of hydrogen-bond acceptors (Lipinski definition) is 0. The Morgan fingerprint density at radius 3 is 2.60 bits per heavy atom. The van der Waals surface area contributed by atoms with Gasteiger partial charge in [0.25, 0.3) is 0 Å². The van der Waals surface area contributed by atoms with Crippen LogP contribution < -0.4 is 21.2 Å². The van der Waals surface area contributed by atoms with Crippen LogP contribution in [0.3, 0.4) is 0 Å². The quantitative estimate of drug-likeness (QED) is 0.321. The topological polar surface area (TPSA) is 0 Å². The van der Waals surface area contributed by atoms with Crippen LogP contribution in [0.1, 0.15) is 13.3 Å². The summed E-state index contributed by atoms with van der Waals surface area (Å²) in [6.07, 6.45) is 1.47. The average Bonchev–Trinajstić information content (AvgIpc) is 2.12. The average molecular weight is 183 g/mol. The summed E-state index contributed by atoms with van der Waals surface area (Å²) < 4.78 is 2.86. The van der Waals surface area contributed by atoms with E-state index in [1.54, 1.807) is 4.43 Å². The van der Waals surface area contributed by atoms with Gasteiger partial charge in [-0.15, -0.1) is 0 Å². The van der Waals surface area contributed by atoms with Crippen molar-refractivity contribution in [1.82, 2.24) is 0 Å². The molecule has 1 rings (SSSR count). The van der Waals surface area contributed by atoms with Gasteiger partial charge in [0.1, 0.15) is 0 Å². The molecule has 0 aliphatic carbocycles. The van der Waals surface area contributed by atoms with E-state index in [0.29, 0.717) is 0 Å². The Balaban J connectivity index is 2.00. The second kappa shape index (κ2) is 1.45. The fourth-order valence-electron chi connectivity index (χ4n) is 0.281. The van der Waals surface area contributed by atoms with Crippen molar-refractivity contribution in [3.8, 4) is 0 Å². The molecule has 1 atom stereocenters. The second-order valence-electron chi connectivity index (χ2n) is 1.31. The maximum absolute atomic E-state index is 2.29. The van der Waals surface area contributed by atoms with Crippen LogP contribution in [-0.2, 0) is 0 Å². The number of alkyl halides is 2. The molecule has 1 heterocycles. The molecule has 1 heteroatoms. The molecule has 0 spiro atoms. The monoisotopic (exact) mass is 183 g/mol. The van der Waals surface area contributed by atoms with Gasteiger partial charge in [-0.2, -0.15) is 0 Å². The summed E-state index contributed by atoms with van der Waals surface area (Å²) in [6, 6.07) is 0. The van der Waals surface area contributed by atoms with Gasteiger partial charge < -0.3 is 0 Å². The van der Waals surface area contributed by atoms with E-state index in [1.807, 2.05) is 0 Å². The van der Waals surface area contributed by atoms with Crippen LogP contribution in [0.4, 0.5) is 0 Å². The fraction of sp³-hybridized carbons (Fsp3) is 1.00. The normalized spacial score (nSPS) is 35.8. The molecule has 0 nitrogen and oxygen atoms in total. The summed E-state index contributed by atoms with van der Waals surface area (Å²) in [4.78, 5) is 0. The van der Waals surface area contributed by atoms with Gasteiger partial charge in [0.05, 0.1) is 0 Å². The Morgan fingerprint density at radius 1 is 2.00 bits per heavy atom. The van der Waals surface area contributed by atoms with E-state index >= 15 is 0 Å². The zero-order valence-electron chi connectivity index (χ0n) is 3.37. The zero-order valence-corrected chi connectivity index (χ0v) is 5.53. The molecule has 1 aliphatic heterocycles. The molecule has 32 valence electrons. The van der Waals surface area contributed by atoms with Gasteiger partial charge in [0.2, 0.25) is 0 Å². The predicted molar refractivity (Wildman–Crippen MR) is 18.9 cm³/mol. The van der Waals surface area contributed by atoms with E-state index in [2.05, 4.69) is 6.92 Å². The Morgan fingerprint density at radius 2 is 2.60 bits per heavy atom. The molecule has 0 N–H and O–H groups in total. The third-order valence-electron chi connectivity index (χ3n) is 0.815. The van der Waals surface area contributed by atoms with Crippen LogP contribution in [0.2, 0.25) is 0 Å². The SMILES string of the molecule is CCC1C[I-]1. The second-order valence-corrected chi connectivity index (χ2v) is 4.84. The molecule has 0 radical (unpaired) electrons. The molecule has 1 unspecified atom stereocenters. The van der Waals surface area contributed by atoms with E-state index in [4.69, 9.17) is 0 Å². The van der Waals surface area contributed by atoms with Crippen molar-refractivity contribution >= 4 is 0 Å². The van der Waals surface area contributed by atoms with Crippen LogP contribution in [-0.4, -0.2) is 8.35 Å². The Hall–Kier alpha value is 0.730. The van der Waals surface area contributed by atoms with E-state index in [0.717, 1.165) is 21.2 Å². The summed E-state index contributed by atoms with van der Waals surface area (Å²) in [7, 11) is 0. The van der Waals surface area contributed by atoms with Gasteiger partial charge in [0, 0.05) is 0 Å². The van der Waals surface area contributed by atoms with Crippen molar-refractivity contribution in [3.05, 3.63) is 0 Å². The summed E-state index contributed by atoms with van der Waals surface area (Å²) in [5, 5.41) is 0. The van der Waals surface area contributed by atoms with E-state index in [-0.39, 0.29) is 0 Å². The molecule has 5 heavy (non-hydrogen) atoms. The van der Waals surface area contributed by atoms with E-state index in [9.17, 15) is 0 Å². The molecule has 0 amide bonds. The van der Waals surface area contributed by atoms with Crippen molar-refractivity contribution in [2.45, 2.75) is 17.3 Å². The molecule has 1 saturated heterocycles. The first-order valence-corrected chi connectivity index (χ1v) is 4.78. The Labute approximate surface area is 43.2 Å². The molecular formula is C4H8I-. The first kappa shape index (κ1) is 3.90. The number of halogens is 1. The van der Waals surface area contributed by atoms with E-state index < -0.39 is 0 Å². The van der Waals surface area contributed by atoms with Crippen LogP contribution in [0.15, 0.2) is 0 Å². The van der Waals surface area contributed by atoms with E-state index in [1.165, 1.54) is 10.3 Å². The van der Waals surface area contributed by atoms with Crippen molar-refractivity contribution in [2.75, 3.05) is 4.43 Å². The third kappa shape index (κ3) is 1.07. The zero-order chi connectivity index (χ0) is 3.70. The van der Waals surface area contributed by atoms with Gasteiger partial charge >= 0.3 is 42.9 Å². The summed E-state index contributed by atoms with van der Waals surface area (Å²) in [6.45, 7) is 2.29. The van der Waals surface area contributed by atoms with Crippen LogP contribution in [0, 0.1) is 0 Å². The van der Waals surface area contributed by atoms with Crippen molar-refractivity contribution in [2.24, 2.45) is 0 Å². The van der Waals surface area contributed by atoms with Gasteiger partial charge in [-0.3, -0.25) is 0 Å². The van der Waals surface area contributed by atoms with Gasteiger partial charge in [0.15, 0.2) is 0 Å². The van der Waals surface area contributed by atoms with Gasteiger partial charge in [-0.1, -0.05) is 0 Å². The van der Waals surface area contributed by atoms with Crippen LogP contribution >= 0.6 is 0 Å². The van der Waals surface area contributed by atoms with Crippen molar-refractivity contribution in [3.63, 3.8) is 0 Å². The molecule has 0 saturated carbocycles. The summed E-state index contributed by atoms with van der Waals surface area (Å²) in [5.41, 5.74) is 0. The maximum atomic E-state index is 2.29. The minimum absolute atomic E-state index is 0.774. The molecule has 0 bridgehead atoms. The van der Waals surface area contributed by atoms with Crippen molar-refractivity contribution < 1.29 is 21.2 Å². The first-order chi connectivity index (χ1) is 2.43. The summed E-state index contributed by atoms with van der Waals surface area (Å²) >= 11 is 0.774. The Kier molecular flexibility index (Phi) is 1.13. The predicted octanol–water partition coefficient (Wildman–Crippen LogP) is -2.13. The summed E-state index contributed by atoms with van der Waals surface area (Å²) in [5.74, 6) is 0. The van der Waals surface area contributed by atoms with Crippen molar-refractivity contribution in [1.29, 1.82) is 0 Å². The van der Waals surface area contributed by atoms with Gasteiger partial charge in [-0.25, -0.2) is 0 Å². The molecule has 1 fully saturated rings. The molecular weight excluding hydrogens is 175 g/mol. The first-order valence-electron chi connectivity index (χ1n) is 2.01. The molecule has 0 aromatic carbocycles. The fourth-order valence-corrected chi connectivity index (χ4v) is 1.89. The van der Waals surface area contributed by atoms with Gasteiger partial charge in [-0.05, 0) is 0 Å². The Bertz CT molecular complexity index is 30.6. The third-order valence-corrected chi connectivity index (χ3v) is 3.82. The molecule has 0 aromatic heterocycles. The van der Waals surface area contributed by atoms with Crippen LogP contribution in [0.5, 0.6) is 0 Å². The standard InChI is InChI=1S/C4H8I/c1-2-4-3-5-4/h4H,2-3H2,1H3/q-1. The molecule has 1 aliphatic rings. The number of hydrogen-bond donors (Lipinski definition) is 0.